The molecule has 32 heavy (non-hydrogen) atoms. The maximum absolute atomic E-state index is 13.1. The lowest BCUT2D eigenvalue weighted by Crippen LogP contribution is -2.35. The van der Waals surface area contributed by atoms with Gasteiger partial charge in [-0.15, -0.1) is 0 Å². The van der Waals surface area contributed by atoms with Crippen molar-refractivity contribution < 1.29 is 21.6 Å². The Morgan fingerprint density at radius 1 is 0.938 bits per heavy atom. The third-order valence-electron chi connectivity index (χ3n) is 5.38. The highest BCUT2D eigenvalue weighted by atomic mass is 32.2. The second-order valence-corrected chi connectivity index (χ2v) is 11.9. The third kappa shape index (κ3) is 6.00. The van der Waals surface area contributed by atoms with E-state index in [0.29, 0.717) is 37.4 Å². The van der Waals surface area contributed by atoms with Crippen LogP contribution in [0.3, 0.4) is 0 Å². The molecule has 1 fully saturated rings. The summed E-state index contributed by atoms with van der Waals surface area (Å²) in [6.07, 6.45) is 0.687. The molecule has 8 nitrogen and oxygen atoms in total. The Bertz CT molecular complexity index is 1160. The molecule has 0 amide bonds. The molecule has 0 saturated carbocycles. The van der Waals surface area contributed by atoms with Gasteiger partial charge in [0, 0.05) is 37.6 Å². The van der Waals surface area contributed by atoms with E-state index in [9.17, 15) is 16.8 Å². The van der Waals surface area contributed by atoms with E-state index in [1.54, 1.807) is 31.2 Å². The number of nitrogens with zero attached hydrogens (tertiary/aromatic N) is 3. The van der Waals surface area contributed by atoms with Crippen molar-refractivity contribution in [2.75, 3.05) is 49.2 Å². The Kier molecular flexibility index (Phi) is 7.77. The normalized spacial score (nSPS) is 15.7. The zero-order valence-electron chi connectivity index (χ0n) is 18.0. The van der Waals surface area contributed by atoms with E-state index in [2.05, 4.69) is 11.0 Å². The van der Waals surface area contributed by atoms with Crippen molar-refractivity contribution >= 4 is 25.5 Å². The van der Waals surface area contributed by atoms with Crippen molar-refractivity contribution in [2.45, 2.75) is 18.2 Å². The molecule has 3 rings (SSSR count). The van der Waals surface area contributed by atoms with Gasteiger partial charge in [0.2, 0.25) is 10.0 Å². The molecule has 0 N–H and O–H groups in total. The Hall–Kier alpha value is -2.61. The van der Waals surface area contributed by atoms with Gasteiger partial charge in [0.15, 0.2) is 9.84 Å². The highest BCUT2D eigenvalue weighted by Gasteiger charge is 2.27. The van der Waals surface area contributed by atoms with Gasteiger partial charge in [0.25, 0.3) is 0 Å². The van der Waals surface area contributed by atoms with Crippen LogP contribution in [0.25, 0.3) is 0 Å². The average molecular weight is 478 g/mol. The maximum atomic E-state index is 13.1. The zero-order chi connectivity index (χ0) is 23.2. The van der Waals surface area contributed by atoms with Crippen LogP contribution in [0, 0.1) is 11.3 Å². The van der Waals surface area contributed by atoms with Crippen molar-refractivity contribution in [3.63, 3.8) is 0 Å². The molecule has 172 valence electrons. The number of anilines is 1. The quantitative estimate of drug-likeness (QED) is 0.574. The molecule has 0 aromatic heterocycles. The molecular formula is C22H27N3O5S2. The number of nitriles is 1. The van der Waals surface area contributed by atoms with Crippen molar-refractivity contribution in [3.05, 3.63) is 54.1 Å². The van der Waals surface area contributed by atoms with E-state index in [1.165, 1.54) is 16.4 Å². The predicted molar refractivity (Wildman–Crippen MR) is 123 cm³/mol. The fraction of sp³-hybridized carbons (Fsp3) is 0.409. The summed E-state index contributed by atoms with van der Waals surface area (Å²) >= 11 is 0. The van der Waals surface area contributed by atoms with Crippen LogP contribution in [0.2, 0.25) is 0 Å². The molecule has 2 aromatic carbocycles. The molecule has 0 unspecified atom stereocenters. The topological polar surface area (TPSA) is 108 Å². The summed E-state index contributed by atoms with van der Waals surface area (Å²) in [4.78, 5) is 2.30. The van der Waals surface area contributed by atoms with Crippen LogP contribution in [-0.2, 0) is 19.9 Å². The SMILES string of the molecule is CCS(=O)(=O)CCOc1ccc(S(=O)(=O)N2CCCN(c3ccc(C#N)cc3)CC2)cc1. The first-order chi connectivity index (χ1) is 15.2. The standard InChI is InChI=1S/C22H27N3O5S2/c1-2-31(26,27)17-16-30-21-8-10-22(11-9-21)32(28,29)25-13-3-12-24(14-15-25)20-6-4-19(18-23)5-7-20/h4-11H,2-3,12-17H2,1H3. The summed E-state index contributed by atoms with van der Waals surface area (Å²) < 4.78 is 56.2. The molecular weight excluding hydrogens is 450 g/mol. The molecule has 0 bridgehead atoms. The number of hydrogen-bond donors (Lipinski definition) is 0. The maximum Gasteiger partial charge on any atom is 0.243 e. The van der Waals surface area contributed by atoms with E-state index >= 15 is 0 Å². The lowest BCUT2D eigenvalue weighted by atomic mass is 10.2. The lowest BCUT2D eigenvalue weighted by molar-refractivity contribution is 0.340. The van der Waals surface area contributed by atoms with Gasteiger partial charge in [0.1, 0.15) is 12.4 Å². The lowest BCUT2D eigenvalue weighted by Gasteiger charge is -2.23. The van der Waals surface area contributed by atoms with Gasteiger partial charge in [-0.05, 0) is 55.0 Å². The minimum absolute atomic E-state index is 0.0274. The Morgan fingerprint density at radius 2 is 1.62 bits per heavy atom. The predicted octanol–water partition coefficient (Wildman–Crippen LogP) is 2.27. The first kappa shape index (κ1) is 24.0. The zero-order valence-corrected chi connectivity index (χ0v) is 19.6. The van der Waals surface area contributed by atoms with Gasteiger partial charge in [-0.25, -0.2) is 16.8 Å². The highest BCUT2D eigenvalue weighted by Crippen LogP contribution is 2.23. The second kappa shape index (κ2) is 10.3. The molecule has 2 aromatic rings. The van der Waals surface area contributed by atoms with Gasteiger partial charge in [-0.2, -0.15) is 9.57 Å². The van der Waals surface area contributed by atoms with Crippen LogP contribution < -0.4 is 9.64 Å². The van der Waals surface area contributed by atoms with Crippen molar-refractivity contribution in [1.29, 1.82) is 5.26 Å². The van der Waals surface area contributed by atoms with Crippen molar-refractivity contribution in [2.24, 2.45) is 0 Å². The first-order valence-electron chi connectivity index (χ1n) is 10.4. The van der Waals surface area contributed by atoms with Gasteiger partial charge in [0.05, 0.1) is 22.3 Å². The minimum Gasteiger partial charge on any atom is -0.493 e. The number of ether oxygens (including phenoxy) is 1. The molecule has 0 spiro atoms. The Morgan fingerprint density at radius 3 is 2.25 bits per heavy atom. The molecule has 0 atom stereocenters. The van der Waals surface area contributed by atoms with Crippen LogP contribution >= 0.6 is 0 Å². The van der Waals surface area contributed by atoms with E-state index in [4.69, 9.17) is 10.00 Å². The third-order valence-corrected chi connectivity index (χ3v) is 8.96. The van der Waals surface area contributed by atoms with Crippen LogP contribution in [0.5, 0.6) is 5.75 Å². The molecule has 1 heterocycles. The number of sulfonamides is 1. The van der Waals surface area contributed by atoms with E-state index in [0.717, 1.165) is 12.2 Å². The average Bonchev–Trinajstić information content (AvgIpc) is 3.06. The number of rotatable bonds is 8. The first-order valence-corrected chi connectivity index (χ1v) is 13.7. The highest BCUT2D eigenvalue weighted by molar-refractivity contribution is 7.91. The van der Waals surface area contributed by atoms with Crippen LogP contribution in [-0.4, -0.2) is 65.4 Å². The Labute approximate surface area is 190 Å². The van der Waals surface area contributed by atoms with Crippen molar-refractivity contribution in [3.8, 4) is 11.8 Å². The largest absolute Gasteiger partial charge is 0.493 e. The summed E-state index contributed by atoms with van der Waals surface area (Å²) in [6.45, 7) is 3.67. The molecule has 1 saturated heterocycles. The summed E-state index contributed by atoms with van der Waals surface area (Å²) in [5, 5.41) is 8.95. The van der Waals surface area contributed by atoms with Gasteiger partial charge in [-0.1, -0.05) is 6.92 Å². The number of sulfone groups is 1. The number of benzene rings is 2. The van der Waals surface area contributed by atoms with E-state index < -0.39 is 19.9 Å². The monoisotopic (exact) mass is 477 g/mol. The summed E-state index contributed by atoms with van der Waals surface area (Å²) in [7, 11) is -6.77. The summed E-state index contributed by atoms with van der Waals surface area (Å²) in [5.41, 5.74) is 1.56. The fourth-order valence-electron chi connectivity index (χ4n) is 3.43. The van der Waals surface area contributed by atoms with Gasteiger partial charge in [-0.3, -0.25) is 0 Å². The van der Waals surface area contributed by atoms with E-state index in [-0.39, 0.29) is 23.0 Å². The molecule has 0 aliphatic carbocycles. The second-order valence-electron chi connectivity index (χ2n) is 7.46. The van der Waals surface area contributed by atoms with Crippen LogP contribution in [0.15, 0.2) is 53.4 Å². The fourth-order valence-corrected chi connectivity index (χ4v) is 5.52. The minimum atomic E-state index is -3.65. The summed E-state index contributed by atoms with van der Waals surface area (Å²) in [5.74, 6) is 0.414. The molecule has 1 aliphatic heterocycles. The molecule has 0 radical (unpaired) electrons. The van der Waals surface area contributed by atoms with Crippen LogP contribution in [0.4, 0.5) is 5.69 Å². The molecule has 1 aliphatic rings. The summed E-state index contributed by atoms with van der Waals surface area (Å²) in [6, 6.07) is 15.5. The smallest absolute Gasteiger partial charge is 0.243 e. The Balaban J connectivity index is 1.62. The molecule has 10 heteroatoms. The van der Waals surface area contributed by atoms with Crippen molar-refractivity contribution in [1.82, 2.24) is 4.31 Å². The number of hydrogen-bond acceptors (Lipinski definition) is 7. The van der Waals surface area contributed by atoms with Gasteiger partial charge >= 0.3 is 0 Å². The van der Waals surface area contributed by atoms with Gasteiger partial charge < -0.3 is 9.64 Å². The van der Waals surface area contributed by atoms with Crippen LogP contribution in [0.1, 0.15) is 18.9 Å². The van der Waals surface area contributed by atoms with E-state index in [1.807, 2.05) is 12.1 Å².